The van der Waals surface area contributed by atoms with Crippen LogP contribution in [0.4, 0.5) is 17.1 Å². The lowest BCUT2D eigenvalue weighted by molar-refractivity contribution is 0.642. The summed E-state index contributed by atoms with van der Waals surface area (Å²) in [5.74, 6) is 0. The molecule has 2 heteroatoms. The first kappa shape index (κ1) is 31.0. The third-order valence-electron chi connectivity index (χ3n) is 9.82. The molecule has 1 aromatic heterocycles. The second kappa shape index (κ2) is 13.3. The van der Waals surface area contributed by atoms with Crippen LogP contribution in [0.1, 0.15) is 25.0 Å². The molecular weight excluding hydrogens is 605 g/mol. The van der Waals surface area contributed by atoms with Gasteiger partial charge in [0, 0.05) is 22.4 Å². The largest absolute Gasteiger partial charge is 0.309 e. The van der Waals surface area contributed by atoms with Crippen LogP contribution in [0, 0.1) is 0 Å². The van der Waals surface area contributed by atoms with E-state index in [9.17, 15) is 0 Å². The van der Waals surface area contributed by atoms with Crippen LogP contribution >= 0.6 is 0 Å². The third-order valence-corrected chi connectivity index (χ3v) is 9.82. The van der Waals surface area contributed by atoms with Crippen molar-refractivity contribution < 1.29 is 0 Å². The quantitative estimate of drug-likeness (QED) is 0.164. The number of nitrogens with zero attached hydrogens (tertiary/aromatic N) is 2. The van der Waals surface area contributed by atoms with E-state index in [0.717, 1.165) is 28.3 Å². The number of hydrogen-bond acceptors (Lipinski definition) is 2. The lowest BCUT2D eigenvalue weighted by atomic mass is 9.77. The average Bonchev–Trinajstić information content (AvgIpc) is 3.19. The Kier molecular flexibility index (Phi) is 8.28. The molecule has 0 aliphatic rings. The normalized spacial score (nSPS) is 11.4. The summed E-state index contributed by atoms with van der Waals surface area (Å²) in [4.78, 5) is 7.32. The van der Waals surface area contributed by atoms with Crippen molar-refractivity contribution in [2.75, 3.05) is 4.90 Å². The smallest absolute Gasteiger partial charge is 0.0703 e. The fraction of sp³-hybridized carbons (Fsp3) is 0.0625. The van der Waals surface area contributed by atoms with Crippen LogP contribution in [0.3, 0.4) is 0 Å². The van der Waals surface area contributed by atoms with Crippen LogP contribution in [0.2, 0.25) is 0 Å². The molecule has 2 nitrogen and oxygen atoms in total. The fourth-order valence-corrected chi connectivity index (χ4v) is 6.82. The Morgan fingerprint density at radius 2 is 0.880 bits per heavy atom. The van der Waals surface area contributed by atoms with E-state index in [4.69, 9.17) is 4.98 Å². The molecule has 8 rings (SSSR count). The van der Waals surface area contributed by atoms with Gasteiger partial charge >= 0.3 is 0 Å². The highest BCUT2D eigenvalue weighted by atomic mass is 15.1. The van der Waals surface area contributed by atoms with Crippen LogP contribution in [-0.4, -0.2) is 4.98 Å². The Morgan fingerprint density at radius 3 is 1.46 bits per heavy atom. The molecule has 0 atom stereocenters. The zero-order valence-electron chi connectivity index (χ0n) is 28.4. The minimum absolute atomic E-state index is 0.172. The minimum Gasteiger partial charge on any atom is -0.309 e. The lowest BCUT2D eigenvalue weighted by Crippen LogP contribution is -2.18. The van der Waals surface area contributed by atoms with Gasteiger partial charge in [0.15, 0.2) is 0 Å². The summed E-state index contributed by atoms with van der Waals surface area (Å²) in [5.41, 5.74) is 12.4. The molecule has 0 N–H and O–H groups in total. The van der Waals surface area contributed by atoms with E-state index in [1.54, 1.807) is 0 Å². The van der Waals surface area contributed by atoms with Gasteiger partial charge < -0.3 is 4.90 Å². The topological polar surface area (TPSA) is 16.1 Å². The maximum Gasteiger partial charge on any atom is 0.0703 e. The van der Waals surface area contributed by atoms with Crippen LogP contribution < -0.4 is 4.90 Å². The monoisotopic (exact) mass is 642 g/mol. The predicted molar refractivity (Wildman–Crippen MR) is 211 cm³/mol. The zero-order valence-corrected chi connectivity index (χ0v) is 28.4. The summed E-state index contributed by atoms with van der Waals surface area (Å²) >= 11 is 0. The molecular formula is C48H38N2. The van der Waals surface area contributed by atoms with Crippen molar-refractivity contribution in [1.29, 1.82) is 0 Å². The van der Waals surface area contributed by atoms with E-state index in [1.165, 1.54) is 44.2 Å². The molecule has 0 saturated heterocycles. The highest BCUT2D eigenvalue weighted by Crippen LogP contribution is 2.38. The van der Waals surface area contributed by atoms with Crippen molar-refractivity contribution in [2.24, 2.45) is 0 Å². The molecule has 0 radical (unpaired) electrons. The van der Waals surface area contributed by atoms with E-state index in [2.05, 4.69) is 207 Å². The van der Waals surface area contributed by atoms with Crippen molar-refractivity contribution in [3.8, 4) is 33.5 Å². The maximum absolute atomic E-state index is 5.05. The fourth-order valence-electron chi connectivity index (χ4n) is 6.82. The molecule has 0 aliphatic carbocycles. The first-order valence-corrected chi connectivity index (χ1v) is 17.2. The predicted octanol–water partition coefficient (Wildman–Crippen LogP) is 13.0. The summed E-state index contributed by atoms with van der Waals surface area (Å²) in [6.45, 7) is 4.60. The summed E-state index contributed by atoms with van der Waals surface area (Å²) in [6.07, 6.45) is 1.99. The van der Waals surface area contributed by atoms with Gasteiger partial charge in [-0.15, -0.1) is 0 Å². The molecule has 0 aliphatic heterocycles. The molecule has 7 aromatic carbocycles. The Labute approximate surface area is 295 Å². The Bertz CT molecular complexity index is 2280. The molecule has 0 fully saturated rings. The van der Waals surface area contributed by atoms with E-state index in [0.29, 0.717) is 0 Å². The number of aromatic nitrogens is 1. The van der Waals surface area contributed by atoms with Gasteiger partial charge in [0.1, 0.15) is 0 Å². The van der Waals surface area contributed by atoms with Gasteiger partial charge in [-0.1, -0.05) is 159 Å². The number of anilines is 3. The Balaban J connectivity index is 1.13. The number of benzene rings is 7. The van der Waals surface area contributed by atoms with Crippen LogP contribution in [0.25, 0.3) is 44.3 Å². The van der Waals surface area contributed by atoms with E-state index in [1.807, 2.05) is 6.20 Å². The van der Waals surface area contributed by atoms with Gasteiger partial charge in [-0.2, -0.15) is 0 Å². The second-order valence-corrected chi connectivity index (χ2v) is 13.3. The standard InChI is InChI=1S/C48H38N2/c1-48(2,43-25-20-37-16-9-10-17-40(37)32-43)42-19-11-18-41(33-42)47-31-30-46(34-49-47)50(44-26-21-38(22-27-44)35-12-5-3-6-13-35)45-28-23-39(24-29-45)36-14-7-4-8-15-36/h3-34H,1-2H3. The second-order valence-electron chi connectivity index (χ2n) is 13.3. The average molecular weight is 643 g/mol. The summed E-state index contributed by atoms with van der Waals surface area (Å²) in [6, 6.07) is 67.1. The highest BCUT2D eigenvalue weighted by Gasteiger charge is 2.24. The molecule has 0 saturated carbocycles. The molecule has 50 heavy (non-hydrogen) atoms. The maximum atomic E-state index is 5.05. The van der Waals surface area contributed by atoms with Crippen LogP contribution in [0.5, 0.6) is 0 Å². The van der Waals surface area contributed by atoms with Gasteiger partial charge in [-0.25, -0.2) is 0 Å². The molecule has 0 bridgehead atoms. The first-order valence-electron chi connectivity index (χ1n) is 17.2. The molecule has 0 unspecified atom stereocenters. The van der Waals surface area contributed by atoms with Gasteiger partial charge in [0.05, 0.1) is 17.6 Å². The van der Waals surface area contributed by atoms with Crippen molar-refractivity contribution in [3.05, 3.63) is 205 Å². The Hall–Kier alpha value is -6.25. The molecule has 0 amide bonds. The summed E-state index contributed by atoms with van der Waals surface area (Å²) in [7, 11) is 0. The third kappa shape index (κ3) is 6.20. The van der Waals surface area contributed by atoms with Crippen LogP contribution in [-0.2, 0) is 5.41 Å². The summed E-state index contributed by atoms with van der Waals surface area (Å²) in [5, 5.41) is 2.53. The first-order chi connectivity index (χ1) is 24.5. The van der Waals surface area contributed by atoms with Crippen LogP contribution in [0.15, 0.2) is 194 Å². The van der Waals surface area contributed by atoms with E-state index < -0.39 is 0 Å². The highest BCUT2D eigenvalue weighted by molar-refractivity contribution is 5.84. The number of fused-ring (bicyclic) bond motifs is 1. The zero-order chi connectivity index (χ0) is 33.9. The lowest BCUT2D eigenvalue weighted by Gasteiger charge is -2.27. The Morgan fingerprint density at radius 1 is 0.380 bits per heavy atom. The van der Waals surface area contributed by atoms with Crippen molar-refractivity contribution in [1.82, 2.24) is 4.98 Å². The number of pyridine rings is 1. The van der Waals surface area contributed by atoms with Gasteiger partial charge in [-0.3, -0.25) is 4.98 Å². The SMILES string of the molecule is CC(C)(c1cccc(-c2ccc(N(c3ccc(-c4ccccc4)cc3)c3ccc(-c4ccccc4)cc3)cn2)c1)c1ccc2ccccc2c1. The molecule has 1 heterocycles. The summed E-state index contributed by atoms with van der Waals surface area (Å²) < 4.78 is 0. The van der Waals surface area contributed by atoms with E-state index >= 15 is 0 Å². The number of rotatable bonds is 8. The van der Waals surface area contributed by atoms with Gasteiger partial charge in [0.2, 0.25) is 0 Å². The molecule has 8 aromatic rings. The van der Waals surface area contributed by atoms with Gasteiger partial charge in [0.25, 0.3) is 0 Å². The number of hydrogen-bond donors (Lipinski definition) is 0. The van der Waals surface area contributed by atoms with Crippen molar-refractivity contribution in [3.63, 3.8) is 0 Å². The molecule has 240 valence electrons. The van der Waals surface area contributed by atoms with Crippen molar-refractivity contribution in [2.45, 2.75) is 19.3 Å². The van der Waals surface area contributed by atoms with Crippen molar-refractivity contribution >= 4 is 27.8 Å². The molecule has 0 spiro atoms. The van der Waals surface area contributed by atoms with Gasteiger partial charge in [-0.05, 0) is 86.6 Å². The van der Waals surface area contributed by atoms with E-state index in [-0.39, 0.29) is 5.41 Å². The minimum atomic E-state index is -0.172.